The third-order valence-electron chi connectivity index (χ3n) is 4.20. The monoisotopic (exact) mass is 281 g/mol. The van der Waals surface area contributed by atoms with E-state index in [9.17, 15) is 0 Å². The Hall–Kier alpha value is -0.450. The average molecular weight is 281 g/mol. The molecule has 2 rings (SSSR count). The molecular formula is C15H27N3S. The highest BCUT2D eigenvalue weighted by Gasteiger charge is 2.17. The van der Waals surface area contributed by atoms with Gasteiger partial charge in [0.25, 0.3) is 0 Å². The first-order valence-corrected chi connectivity index (χ1v) is 8.34. The van der Waals surface area contributed by atoms with Crippen LogP contribution >= 0.6 is 11.3 Å². The van der Waals surface area contributed by atoms with Crippen LogP contribution in [0.1, 0.15) is 43.2 Å². The number of aromatic nitrogens is 1. The highest BCUT2D eigenvalue weighted by Crippen LogP contribution is 2.23. The molecule has 1 aliphatic rings. The van der Waals surface area contributed by atoms with Crippen LogP contribution < -0.4 is 5.32 Å². The molecule has 0 amide bonds. The molecule has 19 heavy (non-hydrogen) atoms. The smallest absolute Gasteiger partial charge is 0.0798 e. The summed E-state index contributed by atoms with van der Waals surface area (Å²) in [6.45, 7) is 7.72. The van der Waals surface area contributed by atoms with Crippen molar-refractivity contribution in [2.24, 2.45) is 5.92 Å². The molecule has 1 fully saturated rings. The van der Waals surface area contributed by atoms with Crippen LogP contribution in [0.3, 0.4) is 0 Å². The van der Waals surface area contributed by atoms with Crippen molar-refractivity contribution in [3.8, 4) is 0 Å². The van der Waals surface area contributed by atoms with Crippen molar-refractivity contribution >= 4 is 11.3 Å². The van der Waals surface area contributed by atoms with Crippen LogP contribution in [0.25, 0.3) is 0 Å². The fourth-order valence-electron chi connectivity index (χ4n) is 2.73. The van der Waals surface area contributed by atoms with Gasteiger partial charge in [0.2, 0.25) is 0 Å². The van der Waals surface area contributed by atoms with Gasteiger partial charge in [0.1, 0.15) is 0 Å². The lowest BCUT2D eigenvalue weighted by molar-refractivity contribution is 0.279. The summed E-state index contributed by atoms with van der Waals surface area (Å²) in [5.74, 6) is 0.940. The SMILES string of the molecule is Cc1ncsc1CN(C)CCNC1CCC(C)CC1. The van der Waals surface area contributed by atoms with Gasteiger partial charge in [-0.1, -0.05) is 6.92 Å². The van der Waals surface area contributed by atoms with Gasteiger partial charge in [-0.15, -0.1) is 11.3 Å². The molecular weight excluding hydrogens is 254 g/mol. The minimum Gasteiger partial charge on any atom is -0.313 e. The molecule has 1 saturated carbocycles. The van der Waals surface area contributed by atoms with Gasteiger partial charge >= 0.3 is 0 Å². The minimum absolute atomic E-state index is 0.759. The molecule has 0 aliphatic heterocycles. The number of nitrogens with zero attached hydrogens (tertiary/aromatic N) is 2. The predicted octanol–water partition coefficient (Wildman–Crippen LogP) is 3.05. The summed E-state index contributed by atoms with van der Waals surface area (Å²) < 4.78 is 0. The summed E-state index contributed by atoms with van der Waals surface area (Å²) in [6.07, 6.45) is 5.51. The maximum Gasteiger partial charge on any atom is 0.0798 e. The Kier molecular flexibility index (Phi) is 5.79. The van der Waals surface area contributed by atoms with E-state index in [1.165, 1.54) is 36.3 Å². The van der Waals surface area contributed by atoms with Crippen molar-refractivity contribution in [1.29, 1.82) is 0 Å². The van der Waals surface area contributed by atoms with Crippen LogP contribution in [-0.4, -0.2) is 36.1 Å². The van der Waals surface area contributed by atoms with Crippen LogP contribution in [0, 0.1) is 12.8 Å². The molecule has 3 nitrogen and oxygen atoms in total. The predicted molar refractivity (Wildman–Crippen MR) is 82.6 cm³/mol. The van der Waals surface area contributed by atoms with E-state index in [1.54, 1.807) is 11.3 Å². The summed E-state index contributed by atoms with van der Waals surface area (Å²) in [5, 5.41) is 3.71. The molecule has 0 bridgehead atoms. The van der Waals surface area contributed by atoms with Crippen molar-refractivity contribution in [1.82, 2.24) is 15.2 Å². The molecule has 0 atom stereocenters. The molecule has 0 spiro atoms. The zero-order valence-electron chi connectivity index (χ0n) is 12.5. The number of nitrogens with one attached hydrogen (secondary N) is 1. The highest BCUT2D eigenvalue weighted by molar-refractivity contribution is 7.09. The highest BCUT2D eigenvalue weighted by atomic mass is 32.1. The zero-order chi connectivity index (χ0) is 13.7. The standard InChI is InChI=1S/C15H27N3S/c1-12-4-6-14(7-5-12)16-8-9-18(3)10-15-13(2)17-11-19-15/h11-12,14,16H,4-10H2,1-3H3. The first kappa shape index (κ1) is 14.9. The summed E-state index contributed by atoms with van der Waals surface area (Å²) in [4.78, 5) is 8.09. The average Bonchev–Trinajstić information content (AvgIpc) is 2.78. The van der Waals surface area contributed by atoms with Crippen molar-refractivity contribution in [3.63, 3.8) is 0 Å². The number of hydrogen-bond acceptors (Lipinski definition) is 4. The molecule has 0 unspecified atom stereocenters. The Morgan fingerprint density at radius 1 is 1.37 bits per heavy atom. The fraction of sp³-hybridized carbons (Fsp3) is 0.800. The van der Waals surface area contributed by atoms with Gasteiger partial charge < -0.3 is 5.32 Å². The van der Waals surface area contributed by atoms with Gasteiger partial charge in [-0.3, -0.25) is 4.90 Å². The van der Waals surface area contributed by atoms with E-state index in [0.717, 1.165) is 31.6 Å². The lowest BCUT2D eigenvalue weighted by Gasteiger charge is -2.27. The Balaban J connectivity index is 1.61. The molecule has 0 radical (unpaired) electrons. The third kappa shape index (κ3) is 4.86. The van der Waals surface area contributed by atoms with E-state index in [2.05, 4.69) is 36.1 Å². The van der Waals surface area contributed by atoms with E-state index in [4.69, 9.17) is 0 Å². The van der Waals surface area contributed by atoms with Crippen LogP contribution in [0.15, 0.2) is 5.51 Å². The number of rotatable bonds is 6. The van der Waals surface area contributed by atoms with E-state index in [-0.39, 0.29) is 0 Å². The lowest BCUT2D eigenvalue weighted by atomic mass is 9.87. The van der Waals surface area contributed by atoms with Crippen molar-refractivity contribution in [2.75, 3.05) is 20.1 Å². The minimum atomic E-state index is 0.759. The summed E-state index contributed by atoms with van der Waals surface area (Å²) >= 11 is 1.77. The Morgan fingerprint density at radius 3 is 2.74 bits per heavy atom. The Labute approximate surface area is 121 Å². The lowest BCUT2D eigenvalue weighted by Crippen LogP contribution is -2.37. The maximum absolute atomic E-state index is 4.31. The van der Waals surface area contributed by atoms with Gasteiger partial charge in [0, 0.05) is 30.6 Å². The van der Waals surface area contributed by atoms with Gasteiger partial charge in [0.15, 0.2) is 0 Å². The molecule has 0 aromatic carbocycles. The molecule has 4 heteroatoms. The van der Waals surface area contributed by atoms with E-state index >= 15 is 0 Å². The third-order valence-corrected chi connectivity index (χ3v) is 5.12. The number of likely N-dealkylation sites (N-methyl/N-ethyl adjacent to an activating group) is 1. The zero-order valence-corrected chi connectivity index (χ0v) is 13.3. The first-order chi connectivity index (χ1) is 9.15. The summed E-state index contributed by atoms with van der Waals surface area (Å²) in [5.41, 5.74) is 3.13. The fourth-order valence-corrected chi connectivity index (χ4v) is 3.58. The topological polar surface area (TPSA) is 28.2 Å². The Morgan fingerprint density at radius 2 is 2.11 bits per heavy atom. The van der Waals surface area contributed by atoms with Crippen LogP contribution in [0.4, 0.5) is 0 Å². The van der Waals surface area contributed by atoms with Crippen LogP contribution in [0.5, 0.6) is 0 Å². The van der Waals surface area contributed by atoms with E-state index in [0.29, 0.717) is 0 Å². The van der Waals surface area contributed by atoms with Gasteiger partial charge in [-0.2, -0.15) is 0 Å². The second-order valence-electron chi connectivity index (χ2n) is 6.01. The summed E-state index contributed by atoms with van der Waals surface area (Å²) in [6, 6.07) is 0.759. The van der Waals surface area contributed by atoms with Crippen molar-refractivity contribution in [2.45, 2.75) is 52.1 Å². The molecule has 1 aromatic heterocycles. The summed E-state index contributed by atoms with van der Waals surface area (Å²) in [7, 11) is 2.20. The van der Waals surface area contributed by atoms with Crippen molar-refractivity contribution < 1.29 is 0 Å². The second kappa shape index (κ2) is 7.36. The molecule has 1 aromatic rings. The van der Waals surface area contributed by atoms with E-state index in [1.807, 2.05) is 5.51 Å². The first-order valence-electron chi connectivity index (χ1n) is 7.46. The molecule has 108 valence electrons. The van der Waals surface area contributed by atoms with Gasteiger partial charge in [-0.05, 0) is 45.6 Å². The van der Waals surface area contributed by atoms with E-state index < -0.39 is 0 Å². The number of hydrogen-bond donors (Lipinski definition) is 1. The normalized spacial score (nSPS) is 24.0. The van der Waals surface area contributed by atoms with Gasteiger partial charge in [-0.25, -0.2) is 4.98 Å². The largest absolute Gasteiger partial charge is 0.313 e. The maximum atomic E-state index is 4.31. The van der Waals surface area contributed by atoms with Gasteiger partial charge in [0.05, 0.1) is 11.2 Å². The van der Waals surface area contributed by atoms with Crippen LogP contribution in [0.2, 0.25) is 0 Å². The molecule has 1 heterocycles. The molecule has 1 aliphatic carbocycles. The quantitative estimate of drug-likeness (QED) is 0.868. The molecule has 0 saturated heterocycles. The Bertz CT molecular complexity index is 369. The number of aryl methyl sites for hydroxylation is 1. The van der Waals surface area contributed by atoms with Crippen molar-refractivity contribution in [3.05, 3.63) is 16.1 Å². The second-order valence-corrected chi connectivity index (χ2v) is 6.95. The van der Waals surface area contributed by atoms with Crippen LogP contribution in [-0.2, 0) is 6.54 Å². The molecule has 1 N–H and O–H groups in total. The number of thiazole rings is 1.